The predicted molar refractivity (Wildman–Crippen MR) is 94.3 cm³/mol. The Morgan fingerprint density at radius 2 is 1.50 bits per heavy atom. The van der Waals surface area contributed by atoms with E-state index >= 15 is 0 Å². The molecule has 0 bridgehead atoms. The van der Waals surface area contributed by atoms with Crippen molar-refractivity contribution in [2.24, 2.45) is 0 Å². The Morgan fingerprint density at radius 1 is 0.917 bits per heavy atom. The fourth-order valence-electron chi connectivity index (χ4n) is 2.94. The molecule has 4 nitrogen and oxygen atoms in total. The van der Waals surface area contributed by atoms with Gasteiger partial charge in [-0.15, -0.1) is 0 Å². The molecule has 0 fully saturated rings. The monoisotopic (exact) mass is 319 g/mol. The number of imide groups is 1. The van der Waals surface area contributed by atoms with E-state index in [1.807, 2.05) is 32.1 Å². The molecule has 1 heterocycles. The molecule has 2 aromatic carbocycles. The highest BCUT2D eigenvalue weighted by atomic mass is 16.2. The number of Topliss-reactive ketones (excluding diaryl/α,β-unsaturated/α-hetero) is 1. The quantitative estimate of drug-likeness (QED) is 0.466. The van der Waals surface area contributed by atoms with E-state index in [0.717, 1.165) is 17.5 Å². The lowest BCUT2D eigenvalue weighted by Crippen LogP contribution is -2.30. The number of benzene rings is 2. The molecular formula is C19H18BNO3. The van der Waals surface area contributed by atoms with Crippen LogP contribution in [0.1, 0.15) is 43.1 Å². The van der Waals surface area contributed by atoms with Crippen molar-refractivity contribution in [3.05, 3.63) is 70.8 Å². The maximum absolute atomic E-state index is 12.3. The molecule has 0 spiro atoms. The minimum atomic E-state index is -0.209. The van der Waals surface area contributed by atoms with Crippen molar-refractivity contribution in [1.82, 2.24) is 4.90 Å². The highest BCUT2D eigenvalue weighted by Gasteiger charge is 2.34. The van der Waals surface area contributed by atoms with Crippen molar-refractivity contribution in [1.29, 1.82) is 0 Å². The van der Waals surface area contributed by atoms with Crippen LogP contribution in [0.3, 0.4) is 0 Å². The average Bonchev–Trinajstić information content (AvgIpc) is 2.87. The van der Waals surface area contributed by atoms with Gasteiger partial charge < -0.3 is 0 Å². The van der Waals surface area contributed by atoms with Crippen molar-refractivity contribution in [3.63, 3.8) is 0 Å². The lowest BCUT2D eigenvalue weighted by molar-refractivity contribution is 0.0652. The molecule has 0 unspecified atom stereocenters. The molecule has 0 N–H and O–H groups in total. The van der Waals surface area contributed by atoms with Crippen molar-refractivity contribution in [3.8, 4) is 0 Å². The van der Waals surface area contributed by atoms with Gasteiger partial charge in [0.25, 0.3) is 11.8 Å². The third-order valence-electron chi connectivity index (χ3n) is 4.32. The number of carbonyl (C=O) groups excluding carboxylic acids is 3. The van der Waals surface area contributed by atoms with Gasteiger partial charge in [-0.1, -0.05) is 36.4 Å². The molecule has 3 rings (SSSR count). The van der Waals surface area contributed by atoms with E-state index in [9.17, 15) is 14.4 Å². The van der Waals surface area contributed by atoms with Crippen LogP contribution in [-0.2, 0) is 6.42 Å². The summed E-state index contributed by atoms with van der Waals surface area (Å²) in [7, 11) is 1.85. The molecule has 1 aliphatic heterocycles. The Labute approximate surface area is 141 Å². The van der Waals surface area contributed by atoms with Gasteiger partial charge in [0.2, 0.25) is 0 Å². The largest absolute Gasteiger partial charge is 0.295 e. The Morgan fingerprint density at radius 3 is 2.04 bits per heavy atom. The average molecular weight is 319 g/mol. The van der Waals surface area contributed by atoms with E-state index in [0.29, 0.717) is 30.4 Å². The van der Waals surface area contributed by atoms with Crippen LogP contribution >= 0.6 is 0 Å². The molecule has 1 aliphatic rings. The number of fused-ring (bicyclic) bond motifs is 1. The van der Waals surface area contributed by atoms with Crippen LogP contribution in [0.25, 0.3) is 0 Å². The van der Waals surface area contributed by atoms with E-state index in [2.05, 4.69) is 0 Å². The normalized spacial score (nSPS) is 13.2. The van der Waals surface area contributed by atoms with Gasteiger partial charge in [-0.3, -0.25) is 19.3 Å². The fraction of sp³-hybridized carbons (Fsp3) is 0.211. The Balaban J connectivity index is 1.59. The second-order valence-corrected chi connectivity index (χ2v) is 5.88. The minimum absolute atomic E-state index is 0.132. The number of hydrogen-bond donors (Lipinski definition) is 0. The van der Waals surface area contributed by atoms with Crippen LogP contribution < -0.4 is 0 Å². The summed E-state index contributed by atoms with van der Waals surface area (Å²) >= 11 is 0. The van der Waals surface area contributed by atoms with Gasteiger partial charge in [0.1, 0.15) is 7.85 Å². The van der Waals surface area contributed by atoms with E-state index < -0.39 is 0 Å². The maximum Gasteiger partial charge on any atom is 0.261 e. The van der Waals surface area contributed by atoms with Crippen molar-refractivity contribution >= 4 is 25.4 Å². The minimum Gasteiger partial charge on any atom is -0.295 e. The van der Waals surface area contributed by atoms with Crippen LogP contribution in [0.5, 0.6) is 0 Å². The molecule has 0 atom stereocenters. The van der Waals surface area contributed by atoms with Gasteiger partial charge in [-0.2, -0.15) is 0 Å². The first-order chi connectivity index (χ1) is 11.6. The summed E-state index contributed by atoms with van der Waals surface area (Å²) in [6.45, 7) is 0.405. The Kier molecular flexibility index (Phi) is 4.60. The third-order valence-corrected chi connectivity index (χ3v) is 4.32. The highest BCUT2D eigenvalue weighted by Crippen LogP contribution is 2.22. The number of amides is 2. The number of rotatable bonds is 6. The van der Waals surface area contributed by atoms with Crippen molar-refractivity contribution in [2.45, 2.75) is 19.2 Å². The summed E-state index contributed by atoms with van der Waals surface area (Å²) in [5.41, 5.74) is 2.80. The summed E-state index contributed by atoms with van der Waals surface area (Å²) < 4.78 is 0. The zero-order valence-corrected chi connectivity index (χ0v) is 13.6. The molecule has 120 valence electrons. The lowest BCUT2D eigenvalue weighted by atomic mass is 9.95. The van der Waals surface area contributed by atoms with Crippen LogP contribution in [0.2, 0.25) is 6.32 Å². The number of ketones is 1. The predicted octanol–water partition coefficient (Wildman–Crippen LogP) is 2.15. The zero-order chi connectivity index (χ0) is 17.1. The Hall–Kier alpha value is -2.69. The molecule has 0 saturated heterocycles. The van der Waals surface area contributed by atoms with E-state index in [1.165, 1.54) is 4.90 Å². The second kappa shape index (κ2) is 6.83. The molecule has 2 amide bonds. The molecule has 24 heavy (non-hydrogen) atoms. The van der Waals surface area contributed by atoms with Crippen LogP contribution in [0.15, 0.2) is 48.5 Å². The Bertz CT molecular complexity index is 764. The van der Waals surface area contributed by atoms with Crippen molar-refractivity contribution < 1.29 is 14.4 Å². The first-order valence-corrected chi connectivity index (χ1v) is 8.19. The van der Waals surface area contributed by atoms with Gasteiger partial charge in [-0.25, -0.2) is 0 Å². The van der Waals surface area contributed by atoms with Gasteiger partial charge >= 0.3 is 0 Å². The number of aryl methyl sites for hydroxylation is 1. The van der Waals surface area contributed by atoms with Gasteiger partial charge in [0.05, 0.1) is 11.1 Å². The molecule has 0 aliphatic carbocycles. The van der Waals surface area contributed by atoms with E-state index in [-0.39, 0.29) is 17.6 Å². The van der Waals surface area contributed by atoms with Crippen LogP contribution in [0, 0.1) is 0 Å². The smallest absolute Gasteiger partial charge is 0.261 e. The molecule has 5 heteroatoms. The van der Waals surface area contributed by atoms with Crippen LogP contribution in [0.4, 0.5) is 0 Å². The second-order valence-electron chi connectivity index (χ2n) is 5.88. The topological polar surface area (TPSA) is 54.5 Å². The zero-order valence-electron chi connectivity index (χ0n) is 13.6. The van der Waals surface area contributed by atoms with Gasteiger partial charge in [0.15, 0.2) is 5.78 Å². The lowest BCUT2D eigenvalue weighted by Gasteiger charge is -2.13. The first kappa shape index (κ1) is 16.2. The first-order valence-electron chi connectivity index (χ1n) is 8.19. The van der Waals surface area contributed by atoms with Crippen molar-refractivity contribution in [2.75, 3.05) is 6.54 Å². The third kappa shape index (κ3) is 3.02. The van der Waals surface area contributed by atoms with Gasteiger partial charge in [0, 0.05) is 12.1 Å². The number of nitrogens with zero attached hydrogens (tertiary/aromatic N) is 1. The summed E-state index contributed by atoms with van der Waals surface area (Å²) in [6.07, 6.45) is 1.96. The molecule has 0 radical (unpaired) electrons. The van der Waals surface area contributed by atoms with E-state index in [4.69, 9.17) is 0 Å². The fourth-order valence-corrected chi connectivity index (χ4v) is 2.94. The summed E-state index contributed by atoms with van der Waals surface area (Å²) in [4.78, 5) is 37.5. The van der Waals surface area contributed by atoms with E-state index in [1.54, 1.807) is 24.3 Å². The molecular weight excluding hydrogens is 301 g/mol. The molecule has 0 saturated carbocycles. The number of carbonyl (C=O) groups is 3. The molecule has 2 aromatic rings. The molecule has 0 aromatic heterocycles. The summed E-state index contributed by atoms with van der Waals surface area (Å²) in [5.74, 6) is -0.286. The summed E-state index contributed by atoms with van der Waals surface area (Å²) in [6, 6.07) is 14.5. The standard InChI is InChI=1S/C19H18BNO3/c20-12-17(22)14-9-7-13(8-10-14)4-3-11-21-18(23)15-5-1-2-6-16(15)19(21)24/h1-2,5-10H,3-4,11-12,20H2. The van der Waals surface area contributed by atoms with Gasteiger partial charge in [-0.05, 0) is 36.9 Å². The van der Waals surface area contributed by atoms with Crippen LogP contribution in [-0.4, -0.2) is 36.9 Å². The maximum atomic E-state index is 12.3. The number of hydrogen-bond acceptors (Lipinski definition) is 3. The SMILES string of the molecule is BCC(=O)c1ccc(CCCN2C(=O)c3ccccc3C2=O)cc1. The summed E-state index contributed by atoms with van der Waals surface area (Å²) in [5, 5.41) is 0. The highest BCUT2D eigenvalue weighted by molar-refractivity contribution is 6.24.